The van der Waals surface area contributed by atoms with E-state index < -0.39 is 0 Å². The third-order valence-corrected chi connectivity index (χ3v) is 4.94. The molecular weight excluding hydrogens is 382 g/mol. The molecule has 1 aromatic heterocycles. The Bertz CT molecular complexity index is 741. The van der Waals surface area contributed by atoms with Crippen molar-refractivity contribution in [1.29, 1.82) is 0 Å². The number of carbonyl (C=O) groups excluding carboxylic acids is 1. The summed E-state index contributed by atoms with van der Waals surface area (Å²) in [6, 6.07) is 3.98. The van der Waals surface area contributed by atoms with Crippen LogP contribution >= 0.6 is 15.9 Å². The van der Waals surface area contributed by atoms with Crippen LogP contribution in [-0.4, -0.2) is 28.9 Å². The van der Waals surface area contributed by atoms with Crippen molar-refractivity contribution in [1.82, 2.24) is 9.78 Å². The van der Waals surface area contributed by atoms with E-state index >= 15 is 0 Å². The number of ether oxygens (including phenoxy) is 1. The number of nitrogens with one attached hydrogen (secondary N) is 1. The first-order valence-corrected chi connectivity index (χ1v) is 9.41. The van der Waals surface area contributed by atoms with Crippen molar-refractivity contribution < 1.29 is 9.53 Å². The molecule has 1 aromatic carbocycles. The van der Waals surface area contributed by atoms with Crippen molar-refractivity contribution in [2.45, 2.75) is 47.1 Å². The number of unbranched alkanes of at least 4 members (excludes halogenated alkanes) is 1. The smallest absolute Gasteiger partial charge is 0.274 e. The fraction of sp³-hybridized carbons (Fsp3) is 0.474. The van der Waals surface area contributed by atoms with Crippen LogP contribution < -0.4 is 5.32 Å². The van der Waals surface area contributed by atoms with E-state index in [1.54, 1.807) is 10.9 Å². The molecule has 0 aliphatic carbocycles. The lowest BCUT2D eigenvalue weighted by Gasteiger charge is -2.13. The molecule has 5 nitrogen and oxygen atoms in total. The lowest BCUT2D eigenvalue weighted by Crippen LogP contribution is -2.21. The third-order valence-electron chi connectivity index (χ3n) is 4.08. The number of hydrogen-bond donors (Lipinski definition) is 1. The van der Waals surface area contributed by atoms with Gasteiger partial charge in [0.2, 0.25) is 0 Å². The van der Waals surface area contributed by atoms with E-state index in [4.69, 9.17) is 4.74 Å². The van der Waals surface area contributed by atoms with Crippen LogP contribution in [0.5, 0.6) is 0 Å². The Kier molecular flexibility index (Phi) is 7.20. The van der Waals surface area contributed by atoms with E-state index in [0.717, 1.165) is 46.3 Å². The molecule has 1 N–H and O–H groups in total. The number of amides is 1. The van der Waals surface area contributed by atoms with Crippen molar-refractivity contribution in [3.8, 4) is 0 Å². The molecule has 0 aliphatic heterocycles. The molecule has 0 radical (unpaired) electrons. The standard InChI is InChI=1S/C19H26BrN3O2/c1-5-6-8-25-9-7-23-18(15(4)12-21-23)19(24)22-17-11-13(2)16(20)10-14(17)3/h10-12H,5-9H2,1-4H3,(H,22,24). The zero-order chi connectivity index (χ0) is 18.4. The van der Waals surface area contributed by atoms with Gasteiger partial charge >= 0.3 is 0 Å². The van der Waals surface area contributed by atoms with Crippen molar-refractivity contribution in [2.24, 2.45) is 0 Å². The van der Waals surface area contributed by atoms with E-state index in [9.17, 15) is 4.79 Å². The normalized spacial score (nSPS) is 10.9. The van der Waals surface area contributed by atoms with Gasteiger partial charge < -0.3 is 10.1 Å². The zero-order valence-electron chi connectivity index (χ0n) is 15.4. The van der Waals surface area contributed by atoms with Gasteiger partial charge in [-0.25, -0.2) is 0 Å². The van der Waals surface area contributed by atoms with Crippen LogP contribution in [0.15, 0.2) is 22.8 Å². The quantitative estimate of drug-likeness (QED) is 0.648. The minimum Gasteiger partial charge on any atom is -0.380 e. The molecule has 1 amide bonds. The molecule has 0 bridgehead atoms. The van der Waals surface area contributed by atoms with Gasteiger partial charge in [0.25, 0.3) is 5.91 Å². The van der Waals surface area contributed by atoms with Gasteiger partial charge in [0, 0.05) is 16.8 Å². The van der Waals surface area contributed by atoms with Crippen molar-refractivity contribution >= 4 is 27.5 Å². The molecule has 2 rings (SSSR count). The van der Waals surface area contributed by atoms with Crippen LogP contribution in [0.3, 0.4) is 0 Å². The molecule has 2 aromatic rings. The second-order valence-electron chi connectivity index (χ2n) is 6.24. The molecule has 0 unspecified atom stereocenters. The summed E-state index contributed by atoms with van der Waals surface area (Å²) in [6.07, 6.45) is 3.88. The first kappa shape index (κ1) is 19.7. The predicted molar refractivity (Wildman–Crippen MR) is 104 cm³/mol. The number of halogens is 1. The summed E-state index contributed by atoms with van der Waals surface area (Å²) in [6.45, 7) is 9.88. The number of aryl methyl sites for hydroxylation is 3. The zero-order valence-corrected chi connectivity index (χ0v) is 16.9. The fourth-order valence-corrected chi connectivity index (χ4v) is 3.00. The Morgan fingerprint density at radius 1 is 1.20 bits per heavy atom. The predicted octanol–water partition coefficient (Wildman–Crippen LogP) is 4.64. The first-order chi connectivity index (χ1) is 11.9. The summed E-state index contributed by atoms with van der Waals surface area (Å²) in [5, 5.41) is 7.33. The highest BCUT2D eigenvalue weighted by molar-refractivity contribution is 9.10. The molecule has 6 heteroatoms. The van der Waals surface area contributed by atoms with Crippen LogP contribution in [0.1, 0.15) is 46.9 Å². The molecule has 0 saturated heterocycles. The van der Waals surface area contributed by atoms with E-state index in [-0.39, 0.29) is 5.91 Å². The lowest BCUT2D eigenvalue weighted by molar-refractivity contribution is 0.0998. The second kappa shape index (κ2) is 9.15. The molecule has 0 aliphatic rings. The van der Waals surface area contributed by atoms with Gasteiger partial charge in [-0.3, -0.25) is 9.48 Å². The number of benzene rings is 1. The number of rotatable bonds is 8. The Morgan fingerprint density at radius 3 is 2.68 bits per heavy atom. The summed E-state index contributed by atoms with van der Waals surface area (Å²) in [4.78, 5) is 12.8. The van der Waals surface area contributed by atoms with Crippen LogP contribution in [0, 0.1) is 20.8 Å². The highest BCUT2D eigenvalue weighted by Gasteiger charge is 2.17. The largest absolute Gasteiger partial charge is 0.380 e. The van der Waals surface area contributed by atoms with Crippen LogP contribution in [0.2, 0.25) is 0 Å². The third kappa shape index (κ3) is 5.16. The number of anilines is 1. The Morgan fingerprint density at radius 2 is 1.96 bits per heavy atom. The molecular formula is C19H26BrN3O2. The minimum atomic E-state index is -0.145. The maximum Gasteiger partial charge on any atom is 0.274 e. The first-order valence-electron chi connectivity index (χ1n) is 8.62. The minimum absolute atomic E-state index is 0.145. The number of carbonyl (C=O) groups is 1. The number of aromatic nitrogens is 2. The molecule has 1 heterocycles. The molecule has 0 fully saturated rings. The van der Waals surface area contributed by atoms with E-state index in [1.807, 2.05) is 32.9 Å². The molecule has 0 spiro atoms. The highest BCUT2D eigenvalue weighted by Crippen LogP contribution is 2.25. The van der Waals surface area contributed by atoms with Gasteiger partial charge in [-0.1, -0.05) is 29.3 Å². The molecule has 0 atom stereocenters. The lowest BCUT2D eigenvalue weighted by atomic mass is 10.1. The van der Waals surface area contributed by atoms with Crippen LogP contribution in [-0.2, 0) is 11.3 Å². The SMILES string of the molecule is CCCCOCCn1ncc(C)c1C(=O)Nc1cc(C)c(Br)cc1C. The Balaban J connectivity index is 2.09. The average Bonchev–Trinajstić information content (AvgIpc) is 2.93. The van der Waals surface area contributed by atoms with Crippen molar-refractivity contribution in [3.63, 3.8) is 0 Å². The Hall–Kier alpha value is -1.66. The van der Waals surface area contributed by atoms with Crippen LogP contribution in [0.25, 0.3) is 0 Å². The van der Waals surface area contributed by atoms with Gasteiger partial charge in [-0.2, -0.15) is 5.10 Å². The van der Waals surface area contributed by atoms with Crippen molar-refractivity contribution in [2.75, 3.05) is 18.5 Å². The number of nitrogens with zero attached hydrogens (tertiary/aromatic N) is 2. The van der Waals surface area contributed by atoms with Gasteiger partial charge in [-0.15, -0.1) is 0 Å². The van der Waals surface area contributed by atoms with Gasteiger partial charge in [0.05, 0.1) is 19.3 Å². The topological polar surface area (TPSA) is 56.2 Å². The van der Waals surface area contributed by atoms with Gasteiger partial charge in [-0.05, 0) is 56.0 Å². The summed E-state index contributed by atoms with van der Waals surface area (Å²) in [5.74, 6) is -0.145. The number of hydrogen-bond acceptors (Lipinski definition) is 3. The fourth-order valence-electron chi connectivity index (χ4n) is 2.54. The Labute approximate surface area is 157 Å². The average molecular weight is 408 g/mol. The van der Waals surface area contributed by atoms with Gasteiger partial charge in [0.1, 0.15) is 5.69 Å². The molecule has 136 valence electrons. The van der Waals surface area contributed by atoms with Gasteiger partial charge in [0.15, 0.2) is 0 Å². The van der Waals surface area contributed by atoms with E-state index in [0.29, 0.717) is 18.8 Å². The summed E-state index contributed by atoms with van der Waals surface area (Å²) >= 11 is 3.51. The summed E-state index contributed by atoms with van der Waals surface area (Å²) < 4.78 is 8.35. The summed E-state index contributed by atoms with van der Waals surface area (Å²) in [5.41, 5.74) is 4.35. The second-order valence-corrected chi connectivity index (χ2v) is 7.09. The highest BCUT2D eigenvalue weighted by atomic mass is 79.9. The van der Waals surface area contributed by atoms with E-state index in [2.05, 4.69) is 33.3 Å². The maximum absolute atomic E-state index is 12.8. The monoisotopic (exact) mass is 407 g/mol. The van der Waals surface area contributed by atoms with E-state index in [1.165, 1.54) is 0 Å². The summed E-state index contributed by atoms with van der Waals surface area (Å²) in [7, 11) is 0. The molecule has 0 saturated carbocycles. The molecule has 25 heavy (non-hydrogen) atoms. The van der Waals surface area contributed by atoms with Crippen molar-refractivity contribution in [3.05, 3.63) is 45.2 Å². The van der Waals surface area contributed by atoms with Crippen LogP contribution in [0.4, 0.5) is 5.69 Å². The maximum atomic E-state index is 12.8.